The highest BCUT2D eigenvalue weighted by molar-refractivity contribution is 5.94. The van der Waals surface area contributed by atoms with Crippen molar-refractivity contribution in [1.82, 2.24) is 20.0 Å². The Bertz CT molecular complexity index is 785. The van der Waals surface area contributed by atoms with E-state index < -0.39 is 0 Å². The first-order chi connectivity index (χ1) is 13.0. The van der Waals surface area contributed by atoms with Gasteiger partial charge in [0.25, 0.3) is 5.91 Å². The van der Waals surface area contributed by atoms with Crippen LogP contribution in [0.25, 0.3) is 0 Å². The number of amides is 2. The zero-order valence-corrected chi connectivity index (χ0v) is 16.1. The van der Waals surface area contributed by atoms with E-state index in [0.717, 1.165) is 43.6 Å². The number of hydrogen-bond donors (Lipinski definition) is 1. The molecule has 6 heteroatoms. The summed E-state index contributed by atoms with van der Waals surface area (Å²) >= 11 is 0. The van der Waals surface area contributed by atoms with Gasteiger partial charge in [-0.15, -0.1) is 0 Å². The van der Waals surface area contributed by atoms with Crippen molar-refractivity contribution in [1.29, 1.82) is 0 Å². The Morgan fingerprint density at radius 3 is 2.67 bits per heavy atom. The molecule has 0 saturated carbocycles. The van der Waals surface area contributed by atoms with Gasteiger partial charge in [-0.1, -0.05) is 18.2 Å². The van der Waals surface area contributed by atoms with Crippen molar-refractivity contribution in [2.24, 2.45) is 0 Å². The molecule has 2 amide bonds. The van der Waals surface area contributed by atoms with Gasteiger partial charge in [0.15, 0.2) is 0 Å². The Kier molecular flexibility index (Phi) is 6.27. The Labute approximate surface area is 160 Å². The summed E-state index contributed by atoms with van der Waals surface area (Å²) < 4.78 is 1.78. The number of piperidine rings is 1. The molecule has 1 N–H and O–H groups in total. The average Bonchev–Trinajstić information content (AvgIpc) is 2.99. The van der Waals surface area contributed by atoms with Crippen LogP contribution in [-0.2, 0) is 11.3 Å². The molecule has 2 heterocycles. The lowest BCUT2D eigenvalue weighted by molar-refractivity contribution is -0.135. The quantitative estimate of drug-likeness (QED) is 0.852. The minimum Gasteiger partial charge on any atom is -0.352 e. The second-order valence-corrected chi connectivity index (χ2v) is 7.23. The molecule has 0 bridgehead atoms. The molecule has 144 valence electrons. The molecule has 2 aromatic rings. The van der Waals surface area contributed by atoms with Gasteiger partial charge >= 0.3 is 0 Å². The van der Waals surface area contributed by atoms with E-state index in [1.807, 2.05) is 43.0 Å². The number of rotatable bonds is 6. The molecule has 0 spiro atoms. The summed E-state index contributed by atoms with van der Waals surface area (Å²) in [5.41, 5.74) is 2.60. The second-order valence-electron chi connectivity index (χ2n) is 7.23. The van der Waals surface area contributed by atoms with Crippen molar-refractivity contribution >= 4 is 11.8 Å². The number of carbonyl (C=O) groups excluding carboxylic acids is 2. The smallest absolute Gasteiger partial charge is 0.251 e. The molecule has 3 rings (SSSR count). The summed E-state index contributed by atoms with van der Waals surface area (Å²) in [7, 11) is 0. The van der Waals surface area contributed by atoms with Crippen LogP contribution >= 0.6 is 0 Å². The Morgan fingerprint density at radius 2 is 1.96 bits per heavy atom. The van der Waals surface area contributed by atoms with E-state index in [1.54, 1.807) is 16.8 Å². The van der Waals surface area contributed by atoms with Gasteiger partial charge in [-0.3, -0.25) is 14.3 Å². The van der Waals surface area contributed by atoms with Gasteiger partial charge in [0, 0.05) is 30.4 Å². The molecule has 1 atom stereocenters. The number of hydrogen-bond acceptors (Lipinski definition) is 3. The van der Waals surface area contributed by atoms with Crippen molar-refractivity contribution < 1.29 is 9.59 Å². The third-order valence-corrected chi connectivity index (χ3v) is 5.13. The molecule has 6 nitrogen and oxygen atoms in total. The van der Waals surface area contributed by atoms with Gasteiger partial charge in [-0.05, 0) is 57.7 Å². The van der Waals surface area contributed by atoms with Crippen molar-refractivity contribution in [3.8, 4) is 0 Å². The average molecular weight is 368 g/mol. The number of nitrogens with one attached hydrogen (secondary N) is 1. The lowest BCUT2D eigenvalue weighted by Crippen LogP contribution is -2.46. The Morgan fingerprint density at radius 1 is 1.19 bits per heavy atom. The fourth-order valence-electron chi connectivity index (χ4n) is 3.73. The highest BCUT2D eigenvalue weighted by Crippen LogP contribution is 2.20. The van der Waals surface area contributed by atoms with Crippen LogP contribution in [0.4, 0.5) is 0 Å². The number of likely N-dealkylation sites (tertiary alicyclic amines) is 1. The van der Waals surface area contributed by atoms with E-state index in [9.17, 15) is 9.59 Å². The minimum atomic E-state index is -0.0630. The van der Waals surface area contributed by atoms with E-state index >= 15 is 0 Å². The molecule has 1 aliphatic rings. The van der Waals surface area contributed by atoms with E-state index in [0.29, 0.717) is 12.1 Å². The topological polar surface area (TPSA) is 67.2 Å². The number of aromatic nitrogens is 2. The van der Waals surface area contributed by atoms with Gasteiger partial charge in [-0.25, -0.2) is 0 Å². The van der Waals surface area contributed by atoms with Gasteiger partial charge in [0.1, 0.15) is 6.54 Å². The molecule has 0 unspecified atom stereocenters. The molecular formula is C21H28N4O2. The van der Waals surface area contributed by atoms with Crippen molar-refractivity contribution in [3.05, 3.63) is 53.3 Å². The summed E-state index contributed by atoms with van der Waals surface area (Å²) in [6.07, 6.45) is 3.93. The van der Waals surface area contributed by atoms with Crippen LogP contribution in [0.2, 0.25) is 0 Å². The van der Waals surface area contributed by atoms with Crippen LogP contribution < -0.4 is 5.32 Å². The Hall–Kier alpha value is -2.63. The third-order valence-electron chi connectivity index (χ3n) is 5.13. The lowest BCUT2D eigenvalue weighted by Gasteiger charge is -2.36. The van der Waals surface area contributed by atoms with E-state index in [1.165, 1.54) is 0 Å². The van der Waals surface area contributed by atoms with Crippen LogP contribution in [0, 0.1) is 13.8 Å². The van der Waals surface area contributed by atoms with Crippen molar-refractivity contribution in [2.75, 3.05) is 13.1 Å². The van der Waals surface area contributed by atoms with Crippen LogP contribution in [0.1, 0.15) is 47.4 Å². The predicted octanol–water partition coefficient (Wildman–Crippen LogP) is 2.70. The fraction of sp³-hybridized carbons (Fsp3) is 0.476. The molecule has 1 aliphatic heterocycles. The van der Waals surface area contributed by atoms with Crippen molar-refractivity contribution in [3.63, 3.8) is 0 Å². The van der Waals surface area contributed by atoms with Crippen LogP contribution in [0.3, 0.4) is 0 Å². The number of nitrogens with zero attached hydrogens (tertiary/aromatic N) is 3. The van der Waals surface area contributed by atoms with Crippen LogP contribution in [-0.4, -0.2) is 45.6 Å². The largest absolute Gasteiger partial charge is 0.352 e. The summed E-state index contributed by atoms with van der Waals surface area (Å²) in [5, 5.41) is 7.37. The van der Waals surface area contributed by atoms with Crippen molar-refractivity contribution in [2.45, 2.75) is 52.1 Å². The maximum atomic E-state index is 12.8. The van der Waals surface area contributed by atoms with E-state index in [2.05, 4.69) is 10.4 Å². The summed E-state index contributed by atoms with van der Waals surface area (Å²) in [6, 6.07) is 11.4. The molecule has 0 radical (unpaired) electrons. The molecule has 1 aromatic carbocycles. The lowest BCUT2D eigenvalue weighted by atomic mass is 9.99. The zero-order valence-electron chi connectivity index (χ0n) is 16.1. The molecule has 1 saturated heterocycles. The van der Waals surface area contributed by atoms with E-state index in [4.69, 9.17) is 0 Å². The molecule has 1 fully saturated rings. The first-order valence-electron chi connectivity index (χ1n) is 9.68. The summed E-state index contributed by atoms with van der Waals surface area (Å²) in [6.45, 7) is 5.55. The summed E-state index contributed by atoms with van der Waals surface area (Å²) in [5.74, 6) is 0.0483. The first-order valence-corrected chi connectivity index (χ1v) is 9.68. The van der Waals surface area contributed by atoms with Gasteiger partial charge in [-0.2, -0.15) is 5.10 Å². The summed E-state index contributed by atoms with van der Waals surface area (Å²) in [4.78, 5) is 27.0. The maximum absolute atomic E-state index is 12.8. The highest BCUT2D eigenvalue weighted by Gasteiger charge is 2.27. The highest BCUT2D eigenvalue weighted by atomic mass is 16.2. The second kappa shape index (κ2) is 8.84. The fourth-order valence-corrected chi connectivity index (χ4v) is 3.73. The van der Waals surface area contributed by atoms with Gasteiger partial charge in [0.2, 0.25) is 5.91 Å². The molecule has 0 aliphatic carbocycles. The van der Waals surface area contributed by atoms with Crippen LogP contribution in [0.5, 0.6) is 0 Å². The van der Waals surface area contributed by atoms with Gasteiger partial charge < -0.3 is 10.2 Å². The van der Waals surface area contributed by atoms with E-state index in [-0.39, 0.29) is 24.4 Å². The predicted molar refractivity (Wildman–Crippen MR) is 104 cm³/mol. The molecular weight excluding hydrogens is 340 g/mol. The van der Waals surface area contributed by atoms with Crippen LogP contribution in [0.15, 0.2) is 36.4 Å². The molecule has 1 aromatic heterocycles. The molecule has 27 heavy (non-hydrogen) atoms. The third kappa shape index (κ3) is 4.96. The SMILES string of the molecule is Cc1cc(C)n(CC(=O)N2CCCC[C@H]2CCNC(=O)c2ccccc2)n1. The zero-order chi connectivity index (χ0) is 19.2. The monoisotopic (exact) mass is 368 g/mol. The maximum Gasteiger partial charge on any atom is 0.251 e. The minimum absolute atomic E-state index is 0.0630. The number of carbonyl (C=O) groups is 2. The standard InChI is InChI=1S/C21H28N4O2/c1-16-14-17(2)25(23-16)15-20(26)24-13-7-6-10-19(24)11-12-22-21(27)18-8-4-3-5-9-18/h3-5,8-9,14,19H,6-7,10-13,15H2,1-2H3,(H,22,27)/t19-/m0/s1. The Balaban J connectivity index is 1.54. The van der Waals surface area contributed by atoms with Gasteiger partial charge in [0.05, 0.1) is 5.69 Å². The first kappa shape index (κ1) is 19.1. The normalized spacial score (nSPS) is 17.0. The number of benzene rings is 1. The number of aryl methyl sites for hydroxylation is 2.